The molecule has 0 bridgehead atoms. The molecule has 1 aliphatic heterocycles. The van der Waals surface area contributed by atoms with Crippen molar-refractivity contribution in [3.05, 3.63) is 107 Å². The SMILES string of the molecule is COc1ccccc1NC(=O)CCN1C(=S)N[C@@H](c2ccccn2)[C@H]1c1cc(C)n(-c2ccccc2C)c1C. The summed E-state index contributed by atoms with van der Waals surface area (Å²) in [6.07, 6.45) is 2.07. The van der Waals surface area contributed by atoms with Crippen LogP contribution in [0.4, 0.5) is 5.69 Å². The number of rotatable bonds is 8. The quantitative estimate of drug-likeness (QED) is 0.276. The Bertz CT molecular complexity index is 1500. The number of aromatic nitrogens is 2. The number of carbonyl (C=O) groups excluding carboxylic acids is 1. The molecule has 0 saturated carbocycles. The molecule has 1 saturated heterocycles. The van der Waals surface area contributed by atoms with Crippen LogP contribution in [0.1, 0.15) is 46.7 Å². The highest BCUT2D eigenvalue weighted by molar-refractivity contribution is 7.80. The number of nitrogens with one attached hydrogen (secondary N) is 2. The number of methoxy groups -OCH3 is 1. The third-order valence-corrected chi connectivity index (χ3v) is 7.66. The van der Waals surface area contributed by atoms with Gasteiger partial charge in [0.05, 0.1) is 30.6 Å². The largest absolute Gasteiger partial charge is 0.495 e. The average molecular weight is 540 g/mol. The Morgan fingerprint density at radius 3 is 2.54 bits per heavy atom. The van der Waals surface area contributed by atoms with Crippen molar-refractivity contribution in [1.29, 1.82) is 0 Å². The third-order valence-electron chi connectivity index (χ3n) is 7.30. The summed E-state index contributed by atoms with van der Waals surface area (Å²) in [5.41, 5.74) is 7.36. The van der Waals surface area contributed by atoms with Crippen LogP contribution in [0, 0.1) is 20.8 Å². The van der Waals surface area contributed by atoms with E-state index in [-0.39, 0.29) is 24.4 Å². The van der Waals surface area contributed by atoms with Gasteiger partial charge in [-0.15, -0.1) is 0 Å². The number of thiocarbonyl (C=S) groups is 1. The van der Waals surface area contributed by atoms with E-state index < -0.39 is 0 Å². The lowest BCUT2D eigenvalue weighted by Crippen LogP contribution is -2.33. The lowest BCUT2D eigenvalue weighted by molar-refractivity contribution is -0.116. The Hall–Kier alpha value is -4.17. The lowest BCUT2D eigenvalue weighted by atomic mass is 9.96. The van der Waals surface area contributed by atoms with E-state index in [1.54, 1.807) is 13.3 Å². The highest BCUT2D eigenvalue weighted by atomic mass is 32.1. The minimum atomic E-state index is -0.151. The first kappa shape index (κ1) is 26.4. The second-order valence-electron chi connectivity index (χ2n) is 9.77. The summed E-state index contributed by atoms with van der Waals surface area (Å²) >= 11 is 5.84. The number of carbonyl (C=O) groups is 1. The smallest absolute Gasteiger partial charge is 0.226 e. The van der Waals surface area contributed by atoms with E-state index in [9.17, 15) is 4.79 Å². The molecule has 4 aromatic rings. The van der Waals surface area contributed by atoms with Gasteiger partial charge in [-0.25, -0.2) is 0 Å². The molecule has 5 rings (SSSR count). The van der Waals surface area contributed by atoms with Crippen LogP contribution in [0.3, 0.4) is 0 Å². The maximum absolute atomic E-state index is 13.0. The Balaban J connectivity index is 1.47. The number of nitrogens with zero attached hydrogens (tertiary/aromatic N) is 3. The van der Waals surface area contributed by atoms with Crippen molar-refractivity contribution >= 4 is 28.9 Å². The molecule has 2 aromatic carbocycles. The molecular weight excluding hydrogens is 506 g/mol. The molecule has 200 valence electrons. The lowest BCUT2D eigenvalue weighted by Gasteiger charge is -2.28. The molecule has 0 aliphatic carbocycles. The number of anilines is 1. The van der Waals surface area contributed by atoms with Gasteiger partial charge in [-0.3, -0.25) is 9.78 Å². The highest BCUT2D eigenvalue weighted by Gasteiger charge is 2.41. The zero-order valence-electron chi connectivity index (χ0n) is 22.6. The maximum atomic E-state index is 13.0. The van der Waals surface area contributed by atoms with Crippen LogP contribution in [-0.4, -0.2) is 39.1 Å². The van der Waals surface area contributed by atoms with Crippen molar-refractivity contribution in [2.45, 2.75) is 39.3 Å². The summed E-state index contributed by atoms with van der Waals surface area (Å²) < 4.78 is 7.69. The van der Waals surface area contributed by atoms with Crippen LogP contribution in [-0.2, 0) is 4.79 Å². The second-order valence-corrected chi connectivity index (χ2v) is 10.2. The summed E-state index contributed by atoms with van der Waals surface area (Å²) in [4.78, 5) is 19.8. The van der Waals surface area contributed by atoms with E-state index in [1.807, 2.05) is 42.5 Å². The summed E-state index contributed by atoms with van der Waals surface area (Å²) in [6.45, 7) is 6.86. The summed E-state index contributed by atoms with van der Waals surface area (Å²) in [6, 6.07) is 23.7. The van der Waals surface area contributed by atoms with Crippen LogP contribution in [0.5, 0.6) is 5.75 Å². The fourth-order valence-corrected chi connectivity index (χ4v) is 5.77. The molecule has 1 fully saturated rings. The predicted octanol–water partition coefficient (Wildman–Crippen LogP) is 5.81. The van der Waals surface area contributed by atoms with Gasteiger partial charge in [-0.2, -0.15) is 0 Å². The number of hydrogen-bond donors (Lipinski definition) is 2. The van der Waals surface area contributed by atoms with Crippen molar-refractivity contribution < 1.29 is 9.53 Å². The number of pyridine rings is 1. The van der Waals surface area contributed by atoms with Gasteiger partial charge in [0.25, 0.3) is 0 Å². The van der Waals surface area contributed by atoms with E-state index in [1.165, 1.54) is 5.56 Å². The number of benzene rings is 2. The van der Waals surface area contributed by atoms with Crippen LogP contribution < -0.4 is 15.4 Å². The Morgan fingerprint density at radius 2 is 1.79 bits per heavy atom. The van der Waals surface area contributed by atoms with Crippen molar-refractivity contribution in [3.8, 4) is 11.4 Å². The molecule has 0 radical (unpaired) electrons. The fourth-order valence-electron chi connectivity index (χ4n) is 5.44. The first-order valence-corrected chi connectivity index (χ1v) is 13.5. The van der Waals surface area contributed by atoms with Gasteiger partial charge in [0.1, 0.15) is 5.75 Å². The summed E-state index contributed by atoms with van der Waals surface area (Å²) in [5, 5.41) is 7.09. The number of ether oxygens (including phenoxy) is 1. The molecule has 2 atom stereocenters. The highest BCUT2D eigenvalue weighted by Crippen LogP contribution is 2.41. The normalized spacial score (nSPS) is 16.7. The topological polar surface area (TPSA) is 71.4 Å². The van der Waals surface area contributed by atoms with Crippen molar-refractivity contribution in [2.24, 2.45) is 0 Å². The molecular formula is C31H33N5O2S. The number of hydrogen-bond acceptors (Lipinski definition) is 4. The minimum Gasteiger partial charge on any atom is -0.495 e. The standard InChI is InChI=1S/C31H33N5O2S/c1-20-11-5-7-14-26(20)36-21(2)19-23(22(36)3)30-29(25-13-9-10-17-32-25)34-31(39)35(30)18-16-28(37)33-24-12-6-8-15-27(24)38-4/h5-15,17,19,29-30H,16,18H2,1-4H3,(H,33,37)(H,34,39)/t29-,30+/m0/s1. The Labute approximate surface area is 234 Å². The van der Waals surface area contributed by atoms with Crippen LogP contribution >= 0.6 is 12.2 Å². The number of aryl methyl sites for hydroxylation is 2. The molecule has 1 amide bonds. The molecule has 0 spiro atoms. The van der Waals surface area contributed by atoms with E-state index >= 15 is 0 Å². The average Bonchev–Trinajstić information content (AvgIpc) is 3.42. The molecule has 8 heteroatoms. The van der Waals surface area contributed by atoms with Crippen molar-refractivity contribution in [2.75, 3.05) is 19.0 Å². The molecule has 2 N–H and O–H groups in total. The zero-order chi connectivity index (χ0) is 27.5. The maximum Gasteiger partial charge on any atom is 0.226 e. The summed E-state index contributed by atoms with van der Waals surface area (Å²) in [5.74, 6) is 0.522. The zero-order valence-corrected chi connectivity index (χ0v) is 23.5. The van der Waals surface area contributed by atoms with Crippen molar-refractivity contribution in [3.63, 3.8) is 0 Å². The van der Waals surface area contributed by atoms with Gasteiger partial charge in [0.15, 0.2) is 5.11 Å². The third kappa shape index (κ3) is 5.25. The number of para-hydroxylation sites is 3. The van der Waals surface area contributed by atoms with Crippen molar-refractivity contribution in [1.82, 2.24) is 19.8 Å². The van der Waals surface area contributed by atoms with Gasteiger partial charge in [0.2, 0.25) is 5.91 Å². The molecule has 7 nitrogen and oxygen atoms in total. The molecule has 39 heavy (non-hydrogen) atoms. The van der Waals surface area contributed by atoms with Gasteiger partial charge in [-0.05, 0) is 80.5 Å². The number of amides is 1. The van der Waals surface area contributed by atoms with Gasteiger partial charge < -0.3 is 24.8 Å². The fraction of sp³-hybridized carbons (Fsp3) is 0.258. The van der Waals surface area contributed by atoms with Gasteiger partial charge in [-0.1, -0.05) is 36.4 Å². The Kier molecular flexibility index (Phi) is 7.65. The van der Waals surface area contributed by atoms with Crippen LogP contribution in [0.25, 0.3) is 5.69 Å². The first-order valence-electron chi connectivity index (χ1n) is 13.0. The van der Waals surface area contributed by atoms with E-state index in [0.717, 1.165) is 28.3 Å². The van der Waals surface area contributed by atoms with Gasteiger partial charge in [0, 0.05) is 36.2 Å². The monoisotopic (exact) mass is 539 g/mol. The van der Waals surface area contributed by atoms with Gasteiger partial charge >= 0.3 is 0 Å². The molecule has 3 heterocycles. The van der Waals surface area contributed by atoms with E-state index in [0.29, 0.717) is 23.1 Å². The van der Waals surface area contributed by atoms with E-state index in [4.69, 9.17) is 17.0 Å². The summed E-state index contributed by atoms with van der Waals surface area (Å²) in [7, 11) is 1.59. The second kappa shape index (κ2) is 11.3. The molecule has 2 aromatic heterocycles. The van der Waals surface area contributed by atoms with Crippen LogP contribution in [0.15, 0.2) is 79.0 Å². The predicted molar refractivity (Wildman–Crippen MR) is 158 cm³/mol. The first-order chi connectivity index (χ1) is 18.9. The minimum absolute atomic E-state index is 0.104. The molecule has 0 unspecified atom stereocenters. The van der Waals surface area contributed by atoms with Crippen LogP contribution in [0.2, 0.25) is 0 Å². The Morgan fingerprint density at radius 1 is 1.05 bits per heavy atom. The molecule has 1 aliphatic rings. The van der Waals surface area contributed by atoms with E-state index in [2.05, 4.69) is 76.2 Å².